The zero-order valence-corrected chi connectivity index (χ0v) is 30.2. The van der Waals surface area contributed by atoms with Crippen LogP contribution in [0, 0.1) is 5.92 Å². The Bertz CT molecular complexity index is 1570. The predicted molar refractivity (Wildman–Crippen MR) is 192 cm³/mol. The highest BCUT2D eigenvalue weighted by atomic mass is 35.5. The molecule has 2 aromatic carbocycles. The number of piperazine rings is 1. The van der Waals surface area contributed by atoms with Crippen LogP contribution in [0.5, 0.6) is 0 Å². The Kier molecular flexibility index (Phi) is 11.7. The van der Waals surface area contributed by atoms with Crippen molar-refractivity contribution in [2.24, 2.45) is 5.92 Å². The highest BCUT2D eigenvalue weighted by Crippen LogP contribution is 2.40. The van der Waals surface area contributed by atoms with E-state index in [0.29, 0.717) is 51.6 Å². The Morgan fingerprint density at radius 3 is 2.25 bits per heavy atom. The quantitative estimate of drug-likeness (QED) is 0.385. The molecule has 4 heterocycles. The van der Waals surface area contributed by atoms with Crippen LogP contribution < -0.4 is 10.6 Å². The number of hydrogen-bond donors (Lipinski definition) is 2. The molecule has 14 heteroatoms. The number of amides is 4. The molecule has 0 bridgehead atoms. The third-order valence-corrected chi connectivity index (χ3v) is 11.5. The smallest absolute Gasteiger partial charge is 0.386 e. The summed E-state index contributed by atoms with van der Waals surface area (Å²) in [6, 6.07) is 10.6. The second-order valence-electron chi connectivity index (χ2n) is 14.4. The predicted octanol–water partition coefficient (Wildman–Crippen LogP) is 5.27. The van der Waals surface area contributed by atoms with Crippen molar-refractivity contribution in [1.82, 2.24) is 24.5 Å². The van der Waals surface area contributed by atoms with Crippen molar-refractivity contribution in [1.29, 1.82) is 0 Å². The maximum Gasteiger partial charge on any atom is 0.418 e. The normalized spacial score (nSPS) is 20.8. The second kappa shape index (κ2) is 16.0. The number of halogens is 4. The third kappa shape index (κ3) is 8.74. The van der Waals surface area contributed by atoms with Crippen LogP contribution in [0.1, 0.15) is 48.8 Å². The zero-order chi connectivity index (χ0) is 36.3. The molecule has 0 spiro atoms. The number of carbonyl (C=O) groups excluding carboxylic acids is 3. The van der Waals surface area contributed by atoms with E-state index in [1.807, 2.05) is 29.2 Å². The maximum absolute atomic E-state index is 14.2. The van der Waals surface area contributed by atoms with Crippen LogP contribution in [0.3, 0.4) is 0 Å². The highest BCUT2D eigenvalue weighted by Gasteiger charge is 2.38. The van der Waals surface area contributed by atoms with Gasteiger partial charge >= 0.3 is 12.2 Å². The number of piperidine rings is 2. The first-order valence-corrected chi connectivity index (χ1v) is 18.5. The number of benzene rings is 2. The number of fused-ring (bicyclic) bond motifs is 1. The molecule has 0 saturated carbocycles. The summed E-state index contributed by atoms with van der Waals surface area (Å²) in [5.41, 5.74) is 1.04. The van der Waals surface area contributed by atoms with Gasteiger partial charge in [-0.1, -0.05) is 29.8 Å². The minimum Gasteiger partial charge on any atom is -0.386 e. The molecule has 2 aromatic rings. The monoisotopic (exact) mass is 731 g/mol. The van der Waals surface area contributed by atoms with E-state index in [0.717, 1.165) is 62.8 Å². The van der Waals surface area contributed by atoms with E-state index in [2.05, 4.69) is 27.5 Å². The van der Waals surface area contributed by atoms with Gasteiger partial charge in [0.15, 0.2) is 0 Å². The fourth-order valence-corrected chi connectivity index (χ4v) is 8.56. The minimum atomic E-state index is -4.66. The molecule has 0 unspecified atom stereocenters. The molecule has 10 nitrogen and oxygen atoms in total. The summed E-state index contributed by atoms with van der Waals surface area (Å²) in [4.78, 5) is 51.3. The van der Waals surface area contributed by atoms with E-state index in [1.165, 1.54) is 13.1 Å². The van der Waals surface area contributed by atoms with Gasteiger partial charge < -0.3 is 30.2 Å². The molecule has 3 saturated heterocycles. The average Bonchev–Trinajstić information content (AvgIpc) is 3.29. The first kappa shape index (κ1) is 37.2. The van der Waals surface area contributed by atoms with Gasteiger partial charge in [0, 0.05) is 77.1 Å². The number of nitrogens with zero attached hydrogens (tertiary/aromatic N) is 5. The van der Waals surface area contributed by atoms with Gasteiger partial charge in [0.1, 0.15) is 0 Å². The number of para-hydroxylation sites is 1. The van der Waals surface area contributed by atoms with Gasteiger partial charge in [-0.15, -0.1) is 0 Å². The van der Waals surface area contributed by atoms with Crippen LogP contribution in [0.2, 0.25) is 5.02 Å². The van der Waals surface area contributed by atoms with Crippen molar-refractivity contribution in [2.45, 2.75) is 63.2 Å². The lowest BCUT2D eigenvalue weighted by molar-refractivity contribution is -0.143. The van der Waals surface area contributed by atoms with Crippen LogP contribution in [0.4, 0.5) is 29.3 Å². The van der Waals surface area contributed by atoms with Crippen LogP contribution in [0.15, 0.2) is 36.4 Å². The number of carbonyl (C=O) groups is 3. The summed E-state index contributed by atoms with van der Waals surface area (Å²) >= 11 is 6.33. The van der Waals surface area contributed by atoms with Crippen molar-refractivity contribution in [3.63, 3.8) is 0 Å². The average molecular weight is 732 g/mol. The second-order valence-corrected chi connectivity index (χ2v) is 14.8. The molecule has 4 aliphatic rings. The lowest BCUT2D eigenvalue weighted by Crippen LogP contribution is -2.55. The van der Waals surface area contributed by atoms with Crippen molar-refractivity contribution in [3.8, 4) is 0 Å². The van der Waals surface area contributed by atoms with E-state index in [4.69, 9.17) is 11.6 Å². The van der Waals surface area contributed by atoms with E-state index < -0.39 is 17.7 Å². The van der Waals surface area contributed by atoms with Gasteiger partial charge in [-0.2, -0.15) is 13.2 Å². The van der Waals surface area contributed by atoms with Crippen LogP contribution in [-0.2, 0) is 28.6 Å². The van der Waals surface area contributed by atoms with Crippen molar-refractivity contribution < 1.29 is 27.6 Å². The molecular formula is C37H49ClF3N7O3. The van der Waals surface area contributed by atoms with Gasteiger partial charge in [-0.05, 0) is 88.0 Å². The molecule has 1 atom stereocenters. The fraction of sp³-hybridized carbons (Fsp3) is 0.595. The van der Waals surface area contributed by atoms with Gasteiger partial charge in [-0.25, -0.2) is 4.79 Å². The Labute approximate surface area is 303 Å². The third-order valence-electron chi connectivity index (χ3n) is 11.2. The van der Waals surface area contributed by atoms with Crippen LogP contribution in [-0.4, -0.2) is 127 Å². The summed E-state index contributed by atoms with van der Waals surface area (Å²) < 4.78 is 42.2. The maximum atomic E-state index is 14.2. The Morgan fingerprint density at radius 1 is 0.922 bits per heavy atom. The number of hydrogen-bond acceptors (Lipinski definition) is 6. The lowest BCUT2D eigenvalue weighted by Gasteiger charge is -2.43. The van der Waals surface area contributed by atoms with Crippen LogP contribution in [0.25, 0.3) is 0 Å². The SMILES string of the molecule is CNc1c(Cl)cc(C[C@@H](CC(=O)N2CCC(N3CCc4ccccc4NC3=O)CC2)C(=O)N2CCN(C3CCN(C)CC3)CC2)cc1C(F)(F)F. The molecule has 4 amide bonds. The molecule has 278 valence electrons. The summed E-state index contributed by atoms with van der Waals surface area (Å²) in [6.45, 7) is 5.99. The summed E-state index contributed by atoms with van der Waals surface area (Å²) in [6.07, 6.45) is -0.721. The summed E-state index contributed by atoms with van der Waals surface area (Å²) in [7, 11) is 3.51. The molecule has 0 radical (unpaired) electrons. The number of rotatable bonds is 8. The van der Waals surface area contributed by atoms with Gasteiger partial charge in [0.25, 0.3) is 0 Å². The number of urea groups is 1. The molecule has 51 heavy (non-hydrogen) atoms. The Hall–Kier alpha value is -3.55. The first-order valence-electron chi connectivity index (χ1n) is 18.1. The van der Waals surface area contributed by atoms with E-state index in [-0.39, 0.29) is 53.0 Å². The number of nitrogens with one attached hydrogen (secondary N) is 2. The number of anilines is 2. The molecule has 2 N–H and O–H groups in total. The van der Waals surface area contributed by atoms with E-state index >= 15 is 0 Å². The molecule has 3 fully saturated rings. The molecular weight excluding hydrogens is 683 g/mol. The molecule has 6 rings (SSSR count). The zero-order valence-electron chi connectivity index (χ0n) is 29.5. The van der Waals surface area contributed by atoms with Gasteiger partial charge in [-0.3, -0.25) is 14.5 Å². The van der Waals surface area contributed by atoms with E-state index in [9.17, 15) is 27.6 Å². The number of alkyl halides is 3. The summed E-state index contributed by atoms with van der Waals surface area (Å²) in [5.74, 6) is -1.28. The Morgan fingerprint density at radius 2 is 1.59 bits per heavy atom. The molecule has 0 aromatic heterocycles. The molecule has 0 aliphatic carbocycles. The molecule has 4 aliphatic heterocycles. The van der Waals surface area contributed by atoms with E-state index in [1.54, 1.807) is 9.80 Å². The minimum absolute atomic E-state index is 0.0322. The Balaban J connectivity index is 1.13. The van der Waals surface area contributed by atoms with Gasteiger partial charge in [0.05, 0.1) is 22.2 Å². The standard InChI is InChI=1S/C37H49ClF3N7O3/c1-42-34-30(37(39,40)41)22-25(23-31(34)38)21-27(35(50)47-19-17-45(18-20-47)28-8-12-44(2)13-9-28)24-33(49)46-14-10-29(11-15-46)48-16-7-26-5-3-4-6-32(26)43-36(48)51/h3-6,22-23,27-29,42H,7-21,24H2,1-2H3,(H,43,51)/t27-/m0/s1. The largest absolute Gasteiger partial charge is 0.418 e. The highest BCUT2D eigenvalue weighted by molar-refractivity contribution is 6.33. The van der Waals surface area contributed by atoms with Crippen LogP contribution >= 0.6 is 11.6 Å². The topological polar surface area (TPSA) is 91.5 Å². The summed E-state index contributed by atoms with van der Waals surface area (Å²) in [5, 5.41) is 5.48. The van der Waals surface area contributed by atoms with Crippen molar-refractivity contribution in [2.75, 3.05) is 83.6 Å². The van der Waals surface area contributed by atoms with Crippen molar-refractivity contribution >= 4 is 40.8 Å². The number of likely N-dealkylation sites (tertiary alicyclic amines) is 2. The van der Waals surface area contributed by atoms with Crippen molar-refractivity contribution in [3.05, 3.63) is 58.1 Å². The fourth-order valence-electron chi connectivity index (χ4n) is 8.22. The first-order chi connectivity index (χ1) is 24.4. The van der Waals surface area contributed by atoms with Gasteiger partial charge in [0.2, 0.25) is 11.8 Å². The lowest BCUT2D eigenvalue weighted by atomic mass is 9.91.